The lowest BCUT2D eigenvalue weighted by Gasteiger charge is -2.17. The van der Waals surface area contributed by atoms with E-state index in [0.717, 1.165) is 0 Å². The highest BCUT2D eigenvalue weighted by atomic mass is 35.5. The number of carboxylic acid groups (broad SMARTS) is 1. The maximum atomic E-state index is 11.8. The molecule has 0 aliphatic carbocycles. The molecular formula is C12H9ClN2O3. The molecule has 1 amide bonds. The van der Waals surface area contributed by atoms with Gasteiger partial charge in [-0.15, -0.1) is 12.3 Å². The van der Waals surface area contributed by atoms with Crippen molar-refractivity contribution in [3.8, 4) is 12.3 Å². The van der Waals surface area contributed by atoms with Gasteiger partial charge in [-0.2, -0.15) is 0 Å². The van der Waals surface area contributed by atoms with Crippen LogP contribution in [0.4, 0.5) is 5.69 Å². The van der Waals surface area contributed by atoms with Crippen LogP contribution in [-0.4, -0.2) is 28.5 Å². The number of amides is 1. The monoisotopic (exact) mass is 264 g/mol. The molecule has 0 spiro atoms. The fourth-order valence-electron chi connectivity index (χ4n) is 1.86. The minimum atomic E-state index is -1.16. The van der Waals surface area contributed by atoms with E-state index < -0.39 is 5.97 Å². The summed E-state index contributed by atoms with van der Waals surface area (Å²) in [7, 11) is 0. The summed E-state index contributed by atoms with van der Waals surface area (Å²) in [5.74, 6) is 0.934. The third-order valence-electron chi connectivity index (χ3n) is 2.73. The third-order valence-corrected chi connectivity index (χ3v) is 2.94. The molecule has 1 saturated heterocycles. The molecule has 0 radical (unpaired) electrons. The van der Waals surface area contributed by atoms with Gasteiger partial charge in [0.1, 0.15) is 5.15 Å². The third kappa shape index (κ3) is 2.15. The lowest BCUT2D eigenvalue weighted by Crippen LogP contribution is -2.26. The summed E-state index contributed by atoms with van der Waals surface area (Å²) in [5.41, 5.74) is 0.177. The van der Waals surface area contributed by atoms with Gasteiger partial charge in [-0.05, 0) is 6.07 Å². The van der Waals surface area contributed by atoms with E-state index in [2.05, 4.69) is 10.9 Å². The van der Waals surface area contributed by atoms with Gasteiger partial charge in [0, 0.05) is 18.9 Å². The van der Waals surface area contributed by atoms with E-state index in [9.17, 15) is 9.59 Å². The molecule has 1 unspecified atom stereocenters. The molecule has 2 heterocycles. The van der Waals surface area contributed by atoms with Crippen LogP contribution < -0.4 is 4.90 Å². The summed E-state index contributed by atoms with van der Waals surface area (Å²) >= 11 is 5.65. The molecule has 1 aliphatic rings. The second kappa shape index (κ2) is 4.67. The average Bonchev–Trinajstić information content (AvgIpc) is 2.70. The molecule has 5 nitrogen and oxygen atoms in total. The number of terminal acetylenes is 1. The average molecular weight is 265 g/mol. The zero-order valence-electron chi connectivity index (χ0n) is 9.26. The van der Waals surface area contributed by atoms with Gasteiger partial charge in [-0.25, -0.2) is 9.78 Å². The molecule has 1 atom stereocenters. The highest BCUT2D eigenvalue weighted by Crippen LogP contribution is 2.28. The first kappa shape index (κ1) is 12.4. The van der Waals surface area contributed by atoms with Crippen molar-refractivity contribution in [3.05, 3.63) is 23.0 Å². The van der Waals surface area contributed by atoms with Crippen molar-refractivity contribution in [3.63, 3.8) is 0 Å². The van der Waals surface area contributed by atoms with E-state index in [1.807, 2.05) is 0 Å². The Morgan fingerprint density at radius 1 is 1.67 bits per heavy atom. The number of anilines is 1. The predicted octanol–water partition coefficient (Wildman–Crippen LogP) is 1.42. The topological polar surface area (TPSA) is 70.5 Å². The summed E-state index contributed by atoms with van der Waals surface area (Å²) in [6.45, 7) is 0.304. The number of hydrogen-bond donors (Lipinski definition) is 1. The van der Waals surface area contributed by atoms with E-state index in [1.165, 1.54) is 17.2 Å². The van der Waals surface area contributed by atoms with Crippen molar-refractivity contribution in [1.82, 2.24) is 4.98 Å². The Kier molecular flexibility index (Phi) is 3.21. The molecule has 1 aromatic heterocycles. The van der Waals surface area contributed by atoms with Gasteiger partial charge in [0.25, 0.3) is 0 Å². The number of carbonyl (C=O) groups excluding carboxylic acids is 1. The van der Waals surface area contributed by atoms with Gasteiger partial charge in [0.15, 0.2) is 0 Å². The van der Waals surface area contributed by atoms with Crippen molar-refractivity contribution in [2.45, 2.75) is 6.42 Å². The number of pyridine rings is 1. The van der Waals surface area contributed by atoms with Crippen LogP contribution in [0.25, 0.3) is 0 Å². The van der Waals surface area contributed by atoms with E-state index in [1.54, 1.807) is 0 Å². The van der Waals surface area contributed by atoms with E-state index >= 15 is 0 Å². The predicted molar refractivity (Wildman–Crippen MR) is 65.5 cm³/mol. The fraction of sp³-hybridized carbons (Fsp3) is 0.250. The molecule has 0 saturated carbocycles. The Hall–Kier alpha value is -2.06. The first-order chi connectivity index (χ1) is 8.52. The fourth-order valence-corrected chi connectivity index (χ4v) is 2.02. The van der Waals surface area contributed by atoms with Crippen molar-refractivity contribution >= 4 is 29.2 Å². The maximum Gasteiger partial charge on any atom is 0.337 e. The summed E-state index contributed by atoms with van der Waals surface area (Å²) in [6.07, 6.45) is 6.78. The zero-order valence-corrected chi connectivity index (χ0v) is 10.0. The largest absolute Gasteiger partial charge is 0.478 e. The summed E-state index contributed by atoms with van der Waals surface area (Å²) in [6, 6.07) is 1.22. The van der Waals surface area contributed by atoms with Crippen LogP contribution in [0.1, 0.15) is 16.8 Å². The summed E-state index contributed by atoms with van der Waals surface area (Å²) in [5, 5.41) is 9.16. The van der Waals surface area contributed by atoms with Gasteiger partial charge < -0.3 is 10.0 Å². The van der Waals surface area contributed by atoms with Gasteiger partial charge in [-0.1, -0.05) is 11.6 Å². The molecule has 1 N–H and O–H groups in total. The van der Waals surface area contributed by atoms with Crippen LogP contribution in [0.15, 0.2) is 12.3 Å². The molecule has 2 rings (SSSR count). The molecule has 6 heteroatoms. The number of rotatable bonds is 2. The highest BCUT2D eigenvalue weighted by Gasteiger charge is 2.32. The molecule has 0 aromatic carbocycles. The Labute approximate surface area is 108 Å². The first-order valence-corrected chi connectivity index (χ1v) is 5.56. The Morgan fingerprint density at radius 3 is 2.94 bits per heavy atom. The number of hydrogen-bond acceptors (Lipinski definition) is 3. The van der Waals surface area contributed by atoms with Gasteiger partial charge in [0.2, 0.25) is 5.91 Å². The van der Waals surface area contributed by atoms with Crippen LogP contribution in [0.5, 0.6) is 0 Å². The highest BCUT2D eigenvalue weighted by molar-refractivity contribution is 6.29. The molecule has 1 fully saturated rings. The number of carboxylic acids is 1. The van der Waals surface area contributed by atoms with Crippen LogP contribution in [0.2, 0.25) is 5.15 Å². The minimum Gasteiger partial charge on any atom is -0.478 e. The van der Waals surface area contributed by atoms with E-state index in [4.69, 9.17) is 23.1 Å². The van der Waals surface area contributed by atoms with E-state index in [0.29, 0.717) is 6.54 Å². The second-order valence-electron chi connectivity index (χ2n) is 3.90. The maximum absolute atomic E-state index is 11.8. The van der Waals surface area contributed by atoms with E-state index in [-0.39, 0.29) is 34.6 Å². The molecular weight excluding hydrogens is 256 g/mol. The van der Waals surface area contributed by atoms with Crippen molar-refractivity contribution in [1.29, 1.82) is 0 Å². The zero-order chi connectivity index (χ0) is 13.3. The summed E-state index contributed by atoms with van der Waals surface area (Å²) in [4.78, 5) is 28.1. The van der Waals surface area contributed by atoms with Crippen molar-refractivity contribution in [2.75, 3.05) is 11.4 Å². The Balaban J connectivity index is 2.43. The quantitative estimate of drug-likeness (QED) is 0.648. The lowest BCUT2D eigenvalue weighted by atomic mass is 10.1. The normalized spacial score (nSPS) is 18.8. The second-order valence-corrected chi connectivity index (χ2v) is 4.29. The SMILES string of the molecule is C#CC1CC(=O)N(c2cnc(Cl)cc2C(=O)O)C1. The summed E-state index contributed by atoms with van der Waals surface area (Å²) < 4.78 is 0. The lowest BCUT2D eigenvalue weighted by molar-refractivity contribution is -0.117. The van der Waals surface area contributed by atoms with Crippen LogP contribution in [-0.2, 0) is 4.79 Å². The van der Waals surface area contributed by atoms with Crippen LogP contribution >= 0.6 is 11.6 Å². The van der Waals surface area contributed by atoms with Gasteiger partial charge in [-0.3, -0.25) is 4.79 Å². The molecule has 18 heavy (non-hydrogen) atoms. The molecule has 1 aromatic rings. The number of aromatic carboxylic acids is 1. The smallest absolute Gasteiger partial charge is 0.337 e. The number of carbonyl (C=O) groups is 2. The van der Waals surface area contributed by atoms with Crippen LogP contribution in [0.3, 0.4) is 0 Å². The number of aromatic nitrogens is 1. The van der Waals surface area contributed by atoms with Crippen molar-refractivity contribution < 1.29 is 14.7 Å². The van der Waals surface area contributed by atoms with Crippen LogP contribution in [0, 0.1) is 18.3 Å². The van der Waals surface area contributed by atoms with Crippen molar-refractivity contribution in [2.24, 2.45) is 5.92 Å². The van der Waals surface area contributed by atoms with Gasteiger partial charge in [0.05, 0.1) is 17.4 Å². The minimum absolute atomic E-state index is 0.0546. The van der Waals surface area contributed by atoms with Gasteiger partial charge >= 0.3 is 5.97 Å². The molecule has 92 valence electrons. The Morgan fingerprint density at radius 2 is 2.39 bits per heavy atom. The molecule has 1 aliphatic heterocycles. The Bertz CT molecular complexity index is 565. The standard InChI is InChI=1S/C12H9ClN2O3/c1-2-7-3-11(16)15(6-7)9-5-14-10(13)4-8(9)12(17)18/h1,4-5,7H,3,6H2,(H,17,18). The first-order valence-electron chi connectivity index (χ1n) is 5.18. The number of halogens is 1. The molecule has 0 bridgehead atoms. The number of nitrogens with zero attached hydrogens (tertiary/aromatic N) is 2.